The molecule has 0 radical (unpaired) electrons. The highest BCUT2D eigenvalue weighted by molar-refractivity contribution is 6.49. The zero-order chi connectivity index (χ0) is 18.2. The Hall–Kier alpha value is -0.800. The molecule has 0 aliphatic rings. The molecule has 0 saturated carbocycles. The van der Waals surface area contributed by atoms with Gasteiger partial charge in [-0.05, 0) is 31.5 Å². The summed E-state index contributed by atoms with van der Waals surface area (Å²) in [7, 11) is 0. The number of rotatable bonds is 4. The van der Waals surface area contributed by atoms with E-state index in [1.807, 2.05) is 52.0 Å². The third-order valence-electron chi connectivity index (χ3n) is 3.81. The second kappa shape index (κ2) is 7.21. The highest BCUT2D eigenvalue weighted by Crippen LogP contribution is 2.50. The number of ether oxygens (including phenoxy) is 1. The monoisotopic (exact) mass is 406 g/mol. The summed E-state index contributed by atoms with van der Waals surface area (Å²) in [6.45, 7) is 7.86. The summed E-state index contributed by atoms with van der Waals surface area (Å²) in [6.07, 6.45) is 0.0995. The molecule has 0 aliphatic heterocycles. The Bertz CT molecular complexity index is 724. The largest absolute Gasteiger partial charge is 0.505 e. The molecule has 2 aromatic rings. The van der Waals surface area contributed by atoms with Crippen molar-refractivity contribution in [1.29, 1.82) is 0 Å². The van der Waals surface area contributed by atoms with E-state index < -0.39 is 5.41 Å². The fourth-order valence-electron chi connectivity index (χ4n) is 2.54. The lowest BCUT2D eigenvalue weighted by atomic mass is 9.78. The van der Waals surface area contributed by atoms with E-state index in [2.05, 4.69) is 0 Å². The molecule has 24 heavy (non-hydrogen) atoms. The Morgan fingerprint density at radius 2 is 1.33 bits per heavy atom. The number of benzene rings is 2. The van der Waals surface area contributed by atoms with Gasteiger partial charge in [0, 0.05) is 11.0 Å². The van der Waals surface area contributed by atoms with Gasteiger partial charge in [0.15, 0.2) is 5.75 Å². The van der Waals surface area contributed by atoms with Crippen LogP contribution in [0.2, 0.25) is 20.1 Å². The summed E-state index contributed by atoms with van der Waals surface area (Å²) in [5, 5.41) is 10.3. The molecule has 1 N–H and O–H groups in total. The lowest BCUT2D eigenvalue weighted by Gasteiger charge is -2.29. The van der Waals surface area contributed by atoms with E-state index in [-0.39, 0.29) is 31.9 Å². The van der Waals surface area contributed by atoms with Gasteiger partial charge < -0.3 is 9.84 Å². The van der Waals surface area contributed by atoms with E-state index in [9.17, 15) is 5.11 Å². The Balaban J connectivity index is 2.55. The van der Waals surface area contributed by atoms with Gasteiger partial charge in [0.05, 0.1) is 16.1 Å². The number of hydrogen-bond donors (Lipinski definition) is 1. The van der Waals surface area contributed by atoms with Crippen LogP contribution in [0.4, 0.5) is 0 Å². The van der Waals surface area contributed by atoms with Gasteiger partial charge in [-0.2, -0.15) is 0 Å². The van der Waals surface area contributed by atoms with E-state index in [1.54, 1.807) is 0 Å². The van der Waals surface area contributed by atoms with Gasteiger partial charge in [0.1, 0.15) is 15.8 Å². The van der Waals surface area contributed by atoms with E-state index in [0.29, 0.717) is 5.56 Å². The molecule has 2 aromatic carbocycles. The first kappa shape index (κ1) is 19.5. The smallest absolute Gasteiger partial charge is 0.155 e. The lowest BCUT2D eigenvalue weighted by Crippen LogP contribution is -2.20. The van der Waals surface area contributed by atoms with Crippen molar-refractivity contribution in [3.63, 3.8) is 0 Å². The summed E-state index contributed by atoms with van der Waals surface area (Å²) in [5.74, 6) is 0.470. The van der Waals surface area contributed by atoms with Gasteiger partial charge in [-0.1, -0.05) is 72.4 Å². The van der Waals surface area contributed by atoms with Gasteiger partial charge in [-0.3, -0.25) is 0 Å². The SMILES string of the molecule is CC(C)Oc1ccc(C(C)(C)c2c(Cl)c(Cl)c(O)c(Cl)c2Cl)cc1. The normalized spacial score (nSPS) is 11.9. The van der Waals surface area contributed by atoms with Crippen LogP contribution in [-0.4, -0.2) is 11.2 Å². The Morgan fingerprint density at radius 1 is 0.875 bits per heavy atom. The lowest BCUT2D eigenvalue weighted by molar-refractivity contribution is 0.242. The second-order valence-electron chi connectivity index (χ2n) is 6.30. The topological polar surface area (TPSA) is 29.5 Å². The van der Waals surface area contributed by atoms with Crippen molar-refractivity contribution in [2.45, 2.75) is 39.2 Å². The van der Waals surface area contributed by atoms with Crippen LogP contribution >= 0.6 is 46.4 Å². The van der Waals surface area contributed by atoms with Crippen LogP contribution < -0.4 is 4.74 Å². The standard InChI is InChI=1S/C18H18Cl4O2/c1-9(2)24-11-7-5-10(6-8-11)18(3,4)12-13(19)15(21)17(23)16(22)14(12)20/h5-9,23H,1-4H3. The van der Waals surface area contributed by atoms with Gasteiger partial charge in [-0.15, -0.1) is 0 Å². The van der Waals surface area contributed by atoms with Crippen molar-refractivity contribution in [3.8, 4) is 11.5 Å². The zero-order valence-corrected chi connectivity index (χ0v) is 16.8. The maximum Gasteiger partial charge on any atom is 0.155 e. The molecule has 0 aliphatic carbocycles. The summed E-state index contributed by atoms with van der Waals surface area (Å²) >= 11 is 24.9. The maximum absolute atomic E-state index is 9.90. The van der Waals surface area contributed by atoms with Crippen molar-refractivity contribution < 1.29 is 9.84 Å². The van der Waals surface area contributed by atoms with Gasteiger partial charge in [-0.25, -0.2) is 0 Å². The summed E-state index contributed by atoms with van der Waals surface area (Å²) in [6, 6.07) is 7.67. The fourth-order valence-corrected chi connectivity index (χ4v) is 3.85. The van der Waals surface area contributed by atoms with Crippen molar-refractivity contribution in [2.75, 3.05) is 0 Å². The minimum absolute atomic E-state index is 0.00565. The number of hydrogen-bond acceptors (Lipinski definition) is 2. The summed E-state index contributed by atoms with van der Waals surface area (Å²) in [5.41, 5.74) is 0.947. The number of aromatic hydroxyl groups is 1. The minimum Gasteiger partial charge on any atom is -0.505 e. The highest BCUT2D eigenvalue weighted by Gasteiger charge is 2.32. The first-order valence-electron chi connectivity index (χ1n) is 7.40. The average molecular weight is 408 g/mol. The fraction of sp³-hybridized carbons (Fsp3) is 0.333. The Kier molecular flexibility index (Phi) is 5.87. The molecule has 2 rings (SSSR count). The van der Waals surface area contributed by atoms with Crippen LogP contribution in [0, 0.1) is 0 Å². The van der Waals surface area contributed by atoms with E-state index in [1.165, 1.54) is 0 Å². The molecule has 0 amide bonds. The third-order valence-corrected chi connectivity index (χ3v) is 5.50. The molecule has 0 fully saturated rings. The molecule has 2 nitrogen and oxygen atoms in total. The van der Waals surface area contributed by atoms with Crippen LogP contribution in [0.3, 0.4) is 0 Å². The molecule has 0 heterocycles. The highest BCUT2D eigenvalue weighted by atomic mass is 35.5. The van der Waals surface area contributed by atoms with Crippen LogP contribution in [-0.2, 0) is 5.41 Å². The molecule has 6 heteroatoms. The van der Waals surface area contributed by atoms with Crippen molar-refractivity contribution in [3.05, 3.63) is 55.5 Å². The average Bonchev–Trinajstić information content (AvgIpc) is 2.51. The molecule has 0 aromatic heterocycles. The number of halogens is 4. The Labute approximate surface area is 162 Å². The van der Waals surface area contributed by atoms with Gasteiger partial charge >= 0.3 is 0 Å². The van der Waals surface area contributed by atoms with Gasteiger partial charge in [0.25, 0.3) is 0 Å². The number of phenolic OH excluding ortho intramolecular Hbond substituents is 1. The van der Waals surface area contributed by atoms with Crippen molar-refractivity contribution >= 4 is 46.4 Å². The van der Waals surface area contributed by atoms with Gasteiger partial charge in [0.2, 0.25) is 0 Å². The molecule has 0 atom stereocenters. The molecule has 130 valence electrons. The first-order valence-corrected chi connectivity index (χ1v) is 8.91. The summed E-state index contributed by atoms with van der Waals surface area (Å²) in [4.78, 5) is 0. The first-order chi connectivity index (χ1) is 11.1. The quantitative estimate of drug-likeness (QED) is 0.546. The molecule has 0 unspecified atom stereocenters. The van der Waals surface area contributed by atoms with Crippen LogP contribution in [0.15, 0.2) is 24.3 Å². The van der Waals surface area contributed by atoms with E-state index in [0.717, 1.165) is 11.3 Å². The molecular weight excluding hydrogens is 390 g/mol. The predicted molar refractivity (Wildman–Crippen MR) is 102 cm³/mol. The zero-order valence-electron chi connectivity index (χ0n) is 13.8. The third kappa shape index (κ3) is 3.57. The second-order valence-corrected chi connectivity index (χ2v) is 7.81. The van der Waals surface area contributed by atoms with Crippen molar-refractivity contribution in [1.82, 2.24) is 0 Å². The van der Waals surface area contributed by atoms with E-state index >= 15 is 0 Å². The maximum atomic E-state index is 9.90. The van der Waals surface area contributed by atoms with Crippen LogP contribution in [0.5, 0.6) is 11.5 Å². The molecule has 0 spiro atoms. The summed E-state index contributed by atoms with van der Waals surface area (Å²) < 4.78 is 5.66. The van der Waals surface area contributed by atoms with Crippen LogP contribution in [0.25, 0.3) is 0 Å². The molecular formula is C18H18Cl4O2. The van der Waals surface area contributed by atoms with E-state index in [4.69, 9.17) is 51.1 Å². The Morgan fingerprint density at radius 3 is 1.75 bits per heavy atom. The van der Waals surface area contributed by atoms with Crippen LogP contribution in [0.1, 0.15) is 38.8 Å². The van der Waals surface area contributed by atoms with Crippen molar-refractivity contribution in [2.24, 2.45) is 0 Å². The molecule has 0 bridgehead atoms. The number of phenols is 1. The minimum atomic E-state index is -0.578. The predicted octanol–water partition coefficient (Wildman–Crippen LogP) is 7.12. The molecule has 0 saturated heterocycles.